The second-order valence-corrected chi connectivity index (χ2v) is 12.8. The fourth-order valence-corrected chi connectivity index (χ4v) is 7.34. The van der Waals surface area contributed by atoms with Gasteiger partial charge in [0, 0.05) is 55.6 Å². The molecule has 0 unspecified atom stereocenters. The van der Waals surface area contributed by atoms with Crippen molar-refractivity contribution < 1.29 is 9.47 Å². The van der Waals surface area contributed by atoms with Crippen LogP contribution < -0.4 is 19.7 Å². The highest BCUT2D eigenvalue weighted by Gasteiger charge is 2.40. The van der Waals surface area contributed by atoms with Gasteiger partial charge in [0.2, 0.25) is 0 Å². The Morgan fingerprint density at radius 3 is 2.50 bits per heavy atom. The molecule has 5 heterocycles. The van der Waals surface area contributed by atoms with Crippen molar-refractivity contribution in [2.24, 2.45) is 5.41 Å². The number of aromatic nitrogens is 4. The third kappa shape index (κ3) is 5.20. The van der Waals surface area contributed by atoms with Crippen molar-refractivity contribution in [3.63, 3.8) is 0 Å². The summed E-state index contributed by atoms with van der Waals surface area (Å²) >= 11 is 0. The highest BCUT2D eigenvalue weighted by atomic mass is 16.5. The molecule has 0 aliphatic carbocycles. The zero-order valence-electron chi connectivity index (χ0n) is 26.6. The third-order valence-corrected chi connectivity index (χ3v) is 10.0. The van der Waals surface area contributed by atoms with E-state index in [0.29, 0.717) is 18.0 Å². The lowest BCUT2D eigenvalue weighted by molar-refractivity contribution is 0.0957. The molecule has 2 aromatic heterocycles. The largest absolute Gasteiger partial charge is 0.491 e. The van der Waals surface area contributed by atoms with Gasteiger partial charge in [-0.3, -0.25) is 5.10 Å². The average Bonchev–Trinajstić information content (AvgIpc) is 3.51. The van der Waals surface area contributed by atoms with Gasteiger partial charge in [-0.1, -0.05) is 25.1 Å². The number of piperidine rings is 2. The molecule has 9 heteroatoms. The summed E-state index contributed by atoms with van der Waals surface area (Å²) in [6.45, 7) is 16.4. The number of H-pyrrole nitrogens is 1. The molecule has 0 bridgehead atoms. The number of ether oxygens (including phenoxy) is 2. The van der Waals surface area contributed by atoms with Gasteiger partial charge in [0.25, 0.3) is 0 Å². The van der Waals surface area contributed by atoms with Gasteiger partial charge in [0.05, 0.1) is 18.3 Å². The SMILES string of the molecule is C/C=C\c1cc2c(N3CCC4(CC3)CNC4)nc(OC3CCN(CC)CC3)nc2c(OCC)c1-c1c(C)ccc2[nH]ncc12. The molecule has 9 nitrogen and oxygen atoms in total. The average molecular weight is 596 g/mol. The third-order valence-electron chi connectivity index (χ3n) is 10.0. The van der Waals surface area contributed by atoms with Crippen LogP contribution in [0.1, 0.15) is 57.6 Å². The Morgan fingerprint density at radius 2 is 1.82 bits per heavy atom. The Balaban J connectivity index is 1.42. The second-order valence-electron chi connectivity index (χ2n) is 12.8. The molecule has 44 heavy (non-hydrogen) atoms. The monoisotopic (exact) mass is 595 g/mol. The standard InChI is InChI=1S/C35H45N7O2/c1-5-8-24-19-26-31(32(43-7-3)30(24)29-23(4)9-10-28-27(29)20-37-40-28)38-34(44-25-11-15-41(6-2)16-12-25)39-33(26)42-17-13-35(14-18-42)21-36-22-35/h5,8-10,19-20,25,36H,6-7,11-18,21-22H2,1-4H3,(H,37,40)/b8-5-. The van der Waals surface area contributed by atoms with Gasteiger partial charge in [-0.2, -0.15) is 15.1 Å². The van der Waals surface area contributed by atoms with Gasteiger partial charge in [-0.25, -0.2) is 0 Å². The van der Waals surface area contributed by atoms with Crippen LogP contribution in [0.2, 0.25) is 0 Å². The topological polar surface area (TPSA) is 91.4 Å². The zero-order valence-corrected chi connectivity index (χ0v) is 26.6. The fraction of sp³-hybridized carbons (Fsp3) is 0.514. The Hall–Kier alpha value is -3.69. The zero-order chi connectivity index (χ0) is 30.3. The number of rotatable bonds is 8. The normalized spacial score (nSPS) is 19.3. The lowest BCUT2D eigenvalue weighted by Gasteiger charge is -2.48. The number of nitrogens with one attached hydrogen (secondary N) is 2. The predicted molar refractivity (Wildman–Crippen MR) is 178 cm³/mol. The number of hydrogen-bond donors (Lipinski definition) is 2. The molecule has 1 spiro atoms. The van der Waals surface area contributed by atoms with Gasteiger partial charge in [0.15, 0.2) is 5.75 Å². The summed E-state index contributed by atoms with van der Waals surface area (Å²) in [7, 11) is 0. The first-order chi connectivity index (χ1) is 21.5. The quantitative estimate of drug-likeness (QED) is 0.258. The molecule has 2 N–H and O–H groups in total. The number of benzene rings is 2. The van der Waals surface area contributed by atoms with E-state index >= 15 is 0 Å². The number of nitrogens with zero attached hydrogens (tertiary/aromatic N) is 5. The van der Waals surface area contributed by atoms with Crippen molar-refractivity contribution in [3.8, 4) is 22.9 Å². The van der Waals surface area contributed by atoms with Crippen LogP contribution in [0, 0.1) is 12.3 Å². The van der Waals surface area contributed by atoms with Gasteiger partial charge in [-0.05, 0) is 87.2 Å². The van der Waals surface area contributed by atoms with Crippen molar-refractivity contribution in [2.75, 3.05) is 57.3 Å². The molecule has 3 saturated heterocycles. The molecule has 3 aliphatic rings. The first-order valence-corrected chi connectivity index (χ1v) is 16.4. The molecule has 2 aromatic carbocycles. The summed E-state index contributed by atoms with van der Waals surface area (Å²) in [6, 6.07) is 6.96. The van der Waals surface area contributed by atoms with E-state index in [2.05, 4.69) is 76.4 Å². The van der Waals surface area contributed by atoms with Crippen LogP contribution in [0.25, 0.3) is 39.0 Å². The van der Waals surface area contributed by atoms with Gasteiger partial charge in [0.1, 0.15) is 17.4 Å². The van der Waals surface area contributed by atoms with Gasteiger partial charge < -0.3 is 24.6 Å². The van der Waals surface area contributed by atoms with E-state index in [1.54, 1.807) is 0 Å². The van der Waals surface area contributed by atoms with Crippen LogP contribution in [0.3, 0.4) is 0 Å². The maximum atomic E-state index is 6.63. The summed E-state index contributed by atoms with van der Waals surface area (Å²) in [5.74, 6) is 1.73. The lowest BCUT2D eigenvalue weighted by Crippen LogP contribution is -2.58. The van der Waals surface area contributed by atoms with Crippen molar-refractivity contribution >= 4 is 33.7 Å². The minimum absolute atomic E-state index is 0.105. The van der Waals surface area contributed by atoms with Crippen LogP contribution in [-0.4, -0.2) is 83.6 Å². The number of allylic oxidation sites excluding steroid dienone is 1. The summed E-state index contributed by atoms with van der Waals surface area (Å²) < 4.78 is 13.2. The molecule has 0 saturated carbocycles. The van der Waals surface area contributed by atoms with Crippen LogP contribution >= 0.6 is 0 Å². The Kier molecular flexibility index (Phi) is 7.93. The second kappa shape index (κ2) is 12.0. The van der Waals surface area contributed by atoms with E-state index in [1.165, 1.54) is 0 Å². The number of fused-ring (bicyclic) bond motifs is 2. The number of aryl methyl sites for hydroxylation is 1. The van der Waals surface area contributed by atoms with E-state index in [1.807, 2.05) is 13.1 Å². The van der Waals surface area contributed by atoms with Crippen molar-refractivity contribution in [2.45, 2.75) is 59.5 Å². The Labute approximate surface area is 260 Å². The Bertz CT molecular complexity index is 1670. The van der Waals surface area contributed by atoms with Crippen LogP contribution in [0.5, 0.6) is 11.8 Å². The van der Waals surface area contributed by atoms with Crippen molar-refractivity contribution in [1.29, 1.82) is 0 Å². The van der Waals surface area contributed by atoms with E-state index in [9.17, 15) is 0 Å². The van der Waals surface area contributed by atoms with Crippen molar-refractivity contribution in [1.82, 2.24) is 30.4 Å². The van der Waals surface area contributed by atoms with Crippen molar-refractivity contribution in [3.05, 3.63) is 41.6 Å². The lowest BCUT2D eigenvalue weighted by atomic mass is 9.73. The molecule has 4 aromatic rings. The molecule has 3 fully saturated rings. The molecule has 232 valence electrons. The molecule has 3 aliphatic heterocycles. The van der Waals surface area contributed by atoms with Gasteiger partial charge in [-0.15, -0.1) is 0 Å². The Morgan fingerprint density at radius 1 is 1.02 bits per heavy atom. The number of hydrogen-bond acceptors (Lipinski definition) is 8. The number of likely N-dealkylation sites (tertiary alicyclic amines) is 1. The first-order valence-electron chi connectivity index (χ1n) is 16.4. The van der Waals surface area contributed by atoms with E-state index in [0.717, 1.165) is 127 Å². The fourth-order valence-electron chi connectivity index (χ4n) is 7.34. The van der Waals surface area contributed by atoms with Gasteiger partial charge >= 0.3 is 6.01 Å². The van der Waals surface area contributed by atoms with E-state index in [4.69, 9.17) is 19.4 Å². The predicted octanol–water partition coefficient (Wildman–Crippen LogP) is 5.97. The van der Waals surface area contributed by atoms with Crippen LogP contribution in [0.4, 0.5) is 5.82 Å². The molecule has 0 atom stereocenters. The molecular formula is C35H45N7O2. The summed E-state index contributed by atoms with van der Waals surface area (Å²) in [5, 5.41) is 13.1. The van der Waals surface area contributed by atoms with Crippen LogP contribution in [0.15, 0.2) is 30.5 Å². The maximum absolute atomic E-state index is 6.63. The molecule has 7 rings (SSSR count). The summed E-state index contributed by atoms with van der Waals surface area (Å²) in [4.78, 5) is 15.3. The smallest absolute Gasteiger partial charge is 0.319 e. The summed E-state index contributed by atoms with van der Waals surface area (Å²) in [6.07, 6.45) is 10.6. The highest BCUT2D eigenvalue weighted by Crippen LogP contribution is 2.47. The minimum Gasteiger partial charge on any atom is -0.491 e. The maximum Gasteiger partial charge on any atom is 0.319 e. The first kappa shape index (κ1) is 29.0. The number of aromatic amines is 1. The van der Waals surface area contributed by atoms with E-state index in [-0.39, 0.29) is 6.10 Å². The minimum atomic E-state index is 0.105. The van der Waals surface area contributed by atoms with E-state index < -0.39 is 0 Å². The molecule has 0 radical (unpaired) electrons. The summed E-state index contributed by atoms with van der Waals surface area (Å²) in [5.41, 5.74) is 6.64. The number of anilines is 1. The molecule has 0 amide bonds. The highest BCUT2D eigenvalue weighted by molar-refractivity contribution is 6.07. The van der Waals surface area contributed by atoms with Crippen LogP contribution in [-0.2, 0) is 0 Å². The molecular weight excluding hydrogens is 550 g/mol.